The average Bonchev–Trinajstić information content (AvgIpc) is 1.50. The van der Waals surface area contributed by atoms with E-state index in [1.54, 1.807) is 28.7 Å². The molecule has 0 amide bonds. The number of unbranched alkanes of at least 4 members (excludes halogenated alkanes) is 32. The van der Waals surface area contributed by atoms with Crippen LogP contribution in [0.4, 0.5) is 17.6 Å². The summed E-state index contributed by atoms with van der Waals surface area (Å²) >= 11 is 8.40. The standard InChI is InChI=1S/C100H120F4N8O2S5/c1-9-15-21-27-31-33-35-39-45-52-67-81(55-47-54-69-83(79(61-105)107-7)70-56-75(101)77(103)58-72(70)93(69)113)115-99-91-97(117-95(67)99)85-87-88(110-119-109-87)86-90(89(85)111(91)63-65(48-41-25-19-13-5)50-43-37-29-23-17-11-3)112(64-66(49-42-26-20-14-6)51-44-38-30-24-18-12-4)92-98(86)118-96-68(53-46-40-36-34-32-28-22-16-10-2)82(116-100(92)96)60-74-84(80(62-106)108-8)71-57-76(102)78(104)59-73(71)94(74)114/h47,54-60,65-66H,9-46,48-53,63-64H2,1-6H3/b55-47+,69-54-,74-60-,83-79-,84-80-. The molecule has 2 aliphatic carbocycles. The van der Waals surface area contributed by atoms with Crippen LogP contribution >= 0.6 is 57.1 Å². The number of aromatic nitrogens is 4. The van der Waals surface area contributed by atoms with E-state index >= 15 is 22.4 Å². The topological polar surface area (TPSA) is 126 Å². The summed E-state index contributed by atoms with van der Waals surface area (Å²) in [5, 5.41) is 23.2. The van der Waals surface area contributed by atoms with Crippen molar-refractivity contribution in [2.75, 3.05) is 0 Å². The van der Waals surface area contributed by atoms with Crippen molar-refractivity contribution < 1.29 is 27.2 Å². The van der Waals surface area contributed by atoms with Crippen molar-refractivity contribution >= 4 is 164 Å². The molecule has 2 unspecified atom stereocenters. The normalized spacial score (nSPS) is 15.1. The number of nitrogens with zero attached hydrogens (tertiary/aromatic N) is 8. The molecule has 630 valence electrons. The molecular formula is C100H120F4N8O2S5. The van der Waals surface area contributed by atoms with Crippen molar-refractivity contribution in [3.05, 3.63) is 148 Å². The van der Waals surface area contributed by atoms with Crippen LogP contribution in [0.15, 0.2) is 59.0 Å². The molecule has 10 aromatic rings. The smallest absolute Gasteiger partial charge is 0.270 e. The predicted octanol–water partition coefficient (Wildman–Crippen LogP) is 33.3. The number of thiophene rings is 4. The molecule has 12 rings (SSSR count). The molecule has 2 atom stereocenters. The molecule has 0 saturated carbocycles. The Bertz CT molecular complexity index is 5560. The van der Waals surface area contributed by atoms with Crippen molar-refractivity contribution in [1.82, 2.24) is 17.9 Å². The summed E-state index contributed by atoms with van der Waals surface area (Å²) in [7, 11) is 0. The van der Waals surface area contributed by atoms with Gasteiger partial charge >= 0.3 is 0 Å². The Hall–Kier alpha value is -7.88. The van der Waals surface area contributed by atoms with Gasteiger partial charge in [0.15, 0.2) is 34.8 Å². The number of ketones is 2. The lowest BCUT2D eigenvalue weighted by Crippen LogP contribution is -2.14. The summed E-state index contributed by atoms with van der Waals surface area (Å²) in [5.41, 5.74) is 8.22. The van der Waals surface area contributed by atoms with E-state index in [2.05, 4.69) is 66.4 Å². The second-order valence-corrected chi connectivity index (χ2v) is 38.4. The molecular weight excluding hydrogens is 1580 g/mol. The van der Waals surface area contributed by atoms with Crippen LogP contribution in [0.3, 0.4) is 0 Å². The number of fused-ring (bicyclic) bond motifs is 16. The Morgan fingerprint density at radius 1 is 0.420 bits per heavy atom. The Morgan fingerprint density at radius 2 is 0.748 bits per heavy atom. The first-order valence-electron chi connectivity index (χ1n) is 45.5. The highest BCUT2D eigenvalue weighted by Gasteiger charge is 2.38. The number of aryl methyl sites for hydroxylation is 2. The van der Waals surface area contributed by atoms with Crippen molar-refractivity contribution in [3.63, 3.8) is 0 Å². The molecule has 0 saturated heterocycles. The van der Waals surface area contributed by atoms with Gasteiger partial charge in [-0.2, -0.15) is 8.75 Å². The van der Waals surface area contributed by atoms with E-state index in [-0.39, 0.29) is 55.9 Å². The van der Waals surface area contributed by atoms with Gasteiger partial charge in [-0.25, -0.2) is 37.8 Å². The average molecular weight is 1700 g/mol. The number of carbonyl (C=O) groups is 2. The van der Waals surface area contributed by atoms with E-state index in [0.29, 0.717) is 18.3 Å². The fraction of sp³-hybridized carbons (Fsp3) is 0.540. The monoisotopic (exact) mass is 1700 g/mol. The number of nitriles is 2. The van der Waals surface area contributed by atoms with Gasteiger partial charge in [0.05, 0.1) is 87.3 Å². The van der Waals surface area contributed by atoms with Crippen LogP contribution in [-0.4, -0.2) is 29.4 Å². The number of benzene rings is 3. The molecule has 2 aliphatic rings. The zero-order chi connectivity index (χ0) is 83.9. The van der Waals surface area contributed by atoms with Crippen molar-refractivity contribution in [2.45, 2.75) is 337 Å². The van der Waals surface area contributed by atoms with Crippen LogP contribution in [-0.2, 0) is 25.9 Å². The quantitative estimate of drug-likeness (QED) is 0.0123. The minimum atomic E-state index is -1.18. The SMILES string of the molecule is [C-]#[N+]/C(C#N)=C1\C(=C\c2sc3c(sc4c5c6nsnc6c6c7sc8c(CCCCCCCCCCC)c(/C=C/C=C9\C(=O)c%10cc(F)c(F)cc%10\C9=C(\C#N)[N+]#[C-])sc8c7n(CC(CCCCCC)CCCCCCCC)c6c5n(CC(CCCCCC)CCCCCCCC)c34)c2CCCCCCCCCCC)C(=O)c2cc(F)c(F)cc21. The van der Waals surface area contributed by atoms with Gasteiger partial charge in [0.25, 0.3) is 11.4 Å². The van der Waals surface area contributed by atoms with Crippen LogP contribution in [0.25, 0.3) is 105 Å². The van der Waals surface area contributed by atoms with Gasteiger partial charge < -0.3 is 9.13 Å². The van der Waals surface area contributed by atoms with E-state index in [1.807, 2.05) is 47.0 Å². The second-order valence-electron chi connectivity index (χ2n) is 33.8. The lowest BCUT2D eigenvalue weighted by atomic mass is 9.93. The van der Waals surface area contributed by atoms with Crippen molar-refractivity contribution in [1.29, 1.82) is 10.5 Å². The second kappa shape index (κ2) is 44.8. The molecule has 10 nitrogen and oxygen atoms in total. The molecule has 0 N–H and O–H groups in total. The van der Waals surface area contributed by atoms with E-state index in [9.17, 15) is 15.3 Å². The summed E-state index contributed by atoms with van der Waals surface area (Å²) in [6.45, 7) is 31.5. The van der Waals surface area contributed by atoms with Crippen LogP contribution in [0.5, 0.6) is 0 Å². The Labute approximate surface area is 723 Å². The van der Waals surface area contributed by atoms with Crippen LogP contribution < -0.4 is 0 Å². The van der Waals surface area contributed by atoms with E-state index in [0.717, 1.165) is 216 Å². The molecule has 0 aliphatic heterocycles. The third-order valence-electron chi connectivity index (χ3n) is 25.1. The lowest BCUT2D eigenvalue weighted by molar-refractivity contribution is 0.103. The molecule has 7 aromatic heterocycles. The number of Topliss-reactive ketones (excluding diaryl/α,β-unsaturated/α-hetero) is 2. The lowest BCUT2D eigenvalue weighted by Gasteiger charge is -2.22. The molecule has 0 radical (unpaired) electrons. The largest absolute Gasteiger partial charge is 0.337 e. The third-order valence-corrected chi connectivity index (χ3v) is 30.8. The molecule has 0 fully saturated rings. The van der Waals surface area contributed by atoms with E-state index in [4.69, 9.17) is 21.9 Å². The predicted molar refractivity (Wildman–Crippen MR) is 497 cm³/mol. The summed E-state index contributed by atoms with van der Waals surface area (Å²) < 4.78 is 84.5. The summed E-state index contributed by atoms with van der Waals surface area (Å²) in [6, 6.07) is 7.66. The molecule has 3 aromatic carbocycles. The summed E-state index contributed by atoms with van der Waals surface area (Å²) in [4.78, 5) is 38.5. The number of rotatable bonds is 51. The van der Waals surface area contributed by atoms with Crippen LogP contribution in [0.1, 0.15) is 364 Å². The minimum Gasteiger partial charge on any atom is -0.337 e. The van der Waals surface area contributed by atoms with Gasteiger partial charge in [-0.3, -0.25) is 9.59 Å². The first-order valence-corrected chi connectivity index (χ1v) is 49.5. The summed E-state index contributed by atoms with van der Waals surface area (Å²) in [5.74, 6) is -5.12. The number of carbonyl (C=O) groups excluding carboxylic acids is 2. The first kappa shape index (κ1) is 90.4. The Kier molecular flexibility index (Phi) is 34.0. The number of hydrogen-bond acceptors (Lipinski definition) is 11. The Balaban J connectivity index is 1.14. The highest BCUT2D eigenvalue weighted by molar-refractivity contribution is 7.34. The third kappa shape index (κ3) is 20.6. The van der Waals surface area contributed by atoms with E-state index < -0.39 is 34.8 Å². The highest BCUT2D eigenvalue weighted by Crippen LogP contribution is 2.56. The zero-order valence-electron chi connectivity index (χ0n) is 71.2. The maximum Gasteiger partial charge on any atom is 0.270 e. The van der Waals surface area contributed by atoms with Gasteiger partial charge in [0, 0.05) is 67.0 Å². The van der Waals surface area contributed by atoms with Crippen LogP contribution in [0.2, 0.25) is 0 Å². The maximum absolute atomic E-state index is 15.5. The Morgan fingerprint density at radius 3 is 1.13 bits per heavy atom. The first-order chi connectivity index (χ1) is 58.2. The highest BCUT2D eigenvalue weighted by atomic mass is 32.1. The van der Waals surface area contributed by atoms with Gasteiger partial charge in [0.1, 0.15) is 11.0 Å². The van der Waals surface area contributed by atoms with Gasteiger partial charge in [0.2, 0.25) is 0 Å². The molecule has 119 heavy (non-hydrogen) atoms. The fourth-order valence-corrected chi connectivity index (χ4v) is 25.2. The molecule has 0 spiro atoms. The molecule has 0 bridgehead atoms. The zero-order valence-corrected chi connectivity index (χ0v) is 75.3. The van der Waals surface area contributed by atoms with E-state index in [1.165, 1.54) is 202 Å². The minimum absolute atomic E-state index is 0.00393. The number of allylic oxidation sites excluding steroid dienone is 8. The number of hydrogen-bond donors (Lipinski definition) is 0. The molecule has 19 heteroatoms. The van der Waals surface area contributed by atoms with Crippen molar-refractivity contribution in [3.8, 4) is 12.1 Å². The molecule has 7 heterocycles. The van der Waals surface area contributed by atoms with Gasteiger partial charge in [-0.05, 0) is 122 Å². The van der Waals surface area contributed by atoms with Gasteiger partial charge in [-0.15, -0.1) is 45.3 Å². The van der Waals surface area contributed by atoms with Crippen LogP contribution in [0, 0.1) is 70.9 Å². The van der Waals surface area contributed by atoms with Crippen molar-refractivity contribution in [2.24, 2.45) is 11.8 Å². The van der Waals surface area contributed by atoms with Gasteiger partial charge in [-0.1, -0.05) is 285 Å². The summed E-state index contributed by atoms with van der Waals surface area (Å²) in [6.07, 6.45) is 57.7. The number of halogens is 4. The maximum atomic E-state index is 15.5. The fourth-order valence-electron chi connectivity index (χ4n) is 18.7.